The standard InChI is InChI=1S/C24H17N5/c1-2-8-22-26-20-14-13-17(15-21(20)27-22)25-24-19-12-7-6-11-18(19)23(28-29-24)16-9-4-3-5-10-16/h3-7,9-15H,1H3,(H,25,29)(H,26,27). The Balaban J connectivity index is 1.57. The monoisotopic (exact) mass is 375 g/mol. The second-order valence-electron chi connectivity index (χ2n) is 6.63. The largest absolute Gasteiger partial charge is 0.338 e. The van der Waals surface area contributed by atoms with E-state index >= 15 is 0 Å². The highest BCUT2D eigenvalue weighted by Gasteiger charge is 2.11. The van der Waals surface area contributed by atoms with E-state index in [1.54, 1.807) is 6.92 Å². The summed E-state index contributed by atoms with van der Waals surface area (Å²) in [5.74, 6) is 7.19. The van der Waals surface area contributed by atoms with Crippen LogP contribution in [-0.2, 0) is 0 Å². The molecule has 138 valence electrons. The molecule has 0 radical (unpaired) electrons. The number of aromatic nitrogens is 4. The highest BCUT2D eigenvalue weighted by atomic mass is 15.2. The van der Waals surface area contributed by atoms with Gasteiger partial charge in [0.2, 0.25) is 0 Å². The Kier molecular flexibility index (Phi) is 4.15. The van der Waals surface area contributed by atoms with Crippen molar-refractivity contribution >= 4 is 33.3 Å². The van der Waals surface area contributed by atoms with Gasteiger partial charge in [-0.15, -0.1) is 10.2 Å². The molecular weight excluding hydrogens is 358 g/mol. The minimum atomic E-state index is 0.664. The maximum absolute atomic E-state index is 4.51. The first-order valence-corrected chi connectivity index (χ1v) is 9.32. The molecule has 0 fully saturated rings. The molecule has 0 saturated carbocycles. The number of aromatic amines is 1. The molecule has 5 heteroatoms. The van der Waals surface area contributed by atoms with E-state index in [1.807, 2.05) is 60.7 Å². The van der Waals surface area contributed by atoms with Crippen LogP contribution in [0.5, 0.6) is 0 Å². The van der Waals surface area contributed by atoms with Gasteiger partial charge in [-0.05, 0) is 31.0 Å². The van der Waals surface area contributed by atoms with Crippen molar-refractivity contribution in [2.45, 2.75) is 6.92 Å². The number of nitrogens with zero attached hydrogens (tertiary/aromatic N) is 3. The molecule has 5 nitrogen and oxygen atoms in total. The summed E-state index contributed by atoms with van der Waals surface area (Å²) in [5.41, 5.74) is 4.63. The lowest BCUT2D eigenvalue weighted by Gasteiger charge is -2.11. The minimum Gasteiger partial charge on any atom is -0.338 e. The molecule has 0 atom stereocenters. The van der Waals surface area contributed by atoms with Crippen molar-refractivity contribution < 1.29 is 0 Å². The zero-order valence-corrected chi connectivity index (χ0v) is 15.8. The molecule has 3 aromatic carbocycles. The third-order valence-electron chi connectivity index (χ3n) is 4.72. The van der Waals surface area contributed by atoms with Gasteiger partial charge < -0.3 is 10.3 Å². The first-order chi connectivity index (χ1) is 14.3. The van der Waals surface area contributed by atoms with Crippen LogP contribution in [0, 0.1) is 11.8 Å². The fraction of sp³-hybridized carbons (Fsp3) is 0.0417. The minimum absolute atomic E-state index is 0.664. The normalized spacial score (nSPS) is 10.7. The molecule has 29 heavy (non-hydrogen) atoms. The van der Waals surface area contributed by atoms with Crippen LogP contribution in [-0.4, -0.2) is 20.2 Å². The summed E-state index contributed by atoms with van der Waals surface area (Å²) < 4.78 is 0. The fourth-order valence-corrected chi connectivity index (χ4v) is 3.41. The predicted octanol–water partition coefficient (Wildman–Crippen LogP) is 5.29. The lowest BCUT2D eigenvalue weighted by molar-refractivity contribution is 1.06. The lowest BCUT2D eigenvalue weighted by Crippen LogP contribution is -1.99. The van der Waals surface area contributed by atoms with Crippen LogP contribution in [0.4, 0.5) is 11.5 Å². The zero-order valence-electron chi connectivity index (χ0n) is 15.8. The molecule has 5 aromatic rings. The molecule has 0 spiro atoms. The summed E-state index contributed by atoms with van der Waals surface area (Å²) in [4.78, 5) is 7.69. The Labute approximate surface area is 167 Å². The Morgan fingerprint density at radius 2 is 1.66 bits per heavy atom. The van der Waals surface area contributed by atoms with E-state index in [9.17, 15) is 0 Å². The Hall–Kier alpha value is -4.17. The van der Waals surface area contributed by atoms with Crippen molar-refractivity contribution in [1.82, 2.24) is 20.2 Å². The lowest BCUT2D eigenvalue weighted by atomic mass is 10.0. The molecule has 0 unspecified atom stereocenters. The van der Waals surface area contributed by atoms with Gasteiger partial charge in [-0.25, -0.2) is 4.98 Å². The molecule has 0 amide bonds. The van der Waals surface area contributed by atoms with Crippen LogP contribution in [0.3, 0.4) is 0 Å². The molecule has 0 bridgehead atoms. The summed E-state index contributed by atoms with van der Waals surface area (Å²) in [5, 5.41) is 14.5. The van der Waals surface area contributed by atoms with Gasteiger partial charge in [0.25, 0.3) is 0 Å². The van der Waals surface area contributed by atoms with Gasteiger partial charge in [0.05, 0.1) is 11.0 Å². The third kappa shape index (κ3) is 3.17. The zero-order chi connectivity index (χ0) is 19.6. The first-order valence-electron chi connectivity index (χ1n) is 9.32. The van der Waals surface area contributed by atoms with Crippen molar-refractivity contribution in [2.24, 2.45) is 0 Å². The van der Waals surface area contributed by atoms with Gasteiger partial charge in [-0.3, -0.25) is 0 Å². The molecule has 0 aliphatic heterocycles. The number of hydrogen-bond donors (Lipinski definition) is 2. The van der Waals surface area contributed by atoms with Gasteiger partial charge in [0, 0.05) is 22.0 Å². The first kappa shape index (κ1) is 17.0. The molecular formula is C24H17N5. The van der Waals surface area contributed by atoms with Crippen molar-refractivity contribution in [2.75, 3.05) is 5.32 Å². The van der Waals surface area contributed by atoms with Crippen molar-refractivity contribution in [3.05, 3.63) is 78.6 Å². The quantitative estimate of drug-likeness (QED) is 0.421. The molecule has 2 heterocycles. The van der Waals surface area contributed by atoms with Crippen LogP contribution in [0.25, 0.3) is 33.1 Å². The smallest absolute Gasteiger partial charge is 0.183 e. The van der Waals surface area contributed by atoms with E-state index in [0.29, 0.717) is 11.6 Å². The van der Waals surface area contributed by atoms with Gasteiger partial charge in [-0.1, -0.05) is 60.5 Å². The number of benzene rings is 3. The van der Waals surface area contributed by atoms with Crippen LogP contribution < -0.4 is 5.32 Å². The second-order valence-corrected chi connectivity index (χ2v) is 6.63. The number of rotatable bonds is 3. The van der Waals surface area contributed by atoms with Gasteiger partial charge in [-0.2, -0.15) is 0 Å². The maximum Gasteiger partial charge on any atom is 0.183 e. The fourth-order valence-electron chi connectivity index (χ4n) is 3.41. The van der Waals surface area contributed by atoms with Crippen LogP contribution in [0.1, 0.15) is 12.7 Å². The number of anilines is 2. The summed E-state index contributed by atoms with van der Waals surface area (Å²) in [6.45, 7) is 1.79. The Morgan fingerprint density at radius 1 is 0.862 bits per heavy atom. The Bertz CT molecular complexity index is 1390. The molecule has 0 aliphatic carbocycles. The average molecular weight is 375 g/mol. The van der Waals surface area contributed by atoms with Crippen molar-refractivity contribution in [3.8, 4) is 23.1 Å². The Morgan fingerprint density at radius 3 is 2.48 bits per heavy atom. The van der Waals surface area contributed by atoms with E-state index < -0.39 is 0 Å². The second kappa shape index (κ2) is 7.10. The van der Waals surface area contributed by atoms with Crippen LogP contribution in [0.15, 0.2) is 72.8 Å². The van der Waals surface area contributed by atoms with Crippen LogP contribution >= 0.6 is 0 Å². The molecule has 0 saturated heterocycles. The van der Waals surface area contributed by atoms with E-state index in [-0.39, 0.29) is 0 Å². The number of fused-ring (bicyclic) bond motifs is 2. The van der Waals surface area contributed by atoms with E-state index in [2.05, 4.69) is 49.5 Å². The summed E-state index contributed by atoms with van der Waals surface area (Å²) in [6, 6.07) is 24.2. The highest BCUT2D eigenvalue weighted by molar-refractivity contribution is 6.01. The summed E-state index contributed by atoms with van der Waals surface area (Å²) in [7, 11) is 0. The molecule has 0 aliphatic rings. The van der Waals surface area contributed by atoms with E-state index in [1.165, 1.54) is 0 Å². The van der Waals surface area contributed by atoms with E-state index in [0.717, 1.165) is 38.8 Å². The SMILES string of the molecule is CC#Cc1nc2ccc(Nc3nnc(-c4ccccc4)c4ccccc34)cc2[nH]1. The summed E-state index contributed by atoms with van der Waals surface area (Å²) in [6.07, 6.45) is 0. The predicted molar refractivity (Wildman–Crippen MR) is 117 cm³/mol. The third-order valence-corrected chi connectivity index (χ3v) is 4.72. The number of H-pyrrole nitrogens is 1. The van der Waals surface area contributed by atoms with Crippen molar-refractivity contribution in [3.63, 3.8) is 0 Å². The highest BCUT2D eigenvalue weighted by Crippen LogP contribution is 2.31. The van der Waals surface area contributed by atoms with Gasteiger partial charge in [0.1, 0.15) is 5.69 Å². The summed E-state index contributed by atoms with van der Waals surface area (Å²) >= 11 is 0. The van der Waals surface area contributed by atoms with E-state index in [4.69, 9.17) is 0 Å². The molecule has 5 rings (SSSR count). The van der Waals surface area contributed by atoms with Crippen LogP contribution in [0.2, 0.25) is 0 Å². The average Bonchev–Trinajstić information content (AvgIpc) is 3.16. The topological polar surface area (TPSA) is 66.5 Å². The maximum atomic E-state index is 4.51. The molecule has 2 aromatic heterocycles. The van der Waals surface area contributed by atoms with Crippen molar-refractivity contribution in [1.29, 1.82) is 0 Å². The number of imidazole rings is 1. The number of nitrogens with one attached hydrogen (secondary N) is 2. The van der Waals surface area contributed by atoms with Gasteiger partial charge >= 0.3 is 0 Å². The number of hydrogen-bond acceptors (Lipinski definition) is 4. The molecule has 2 N–H and O–H groups in total. The van der Waals surface area contributed by atoms with Gasteiger partial charge in [0.15, 0.2) is 11.6 Å².